The lowest BCUT2D eigenvalue weighted by atomic mass is 10.0. The summed E-state index contributed by atoms with van der Waals surface area (Å²) < 4.78 is 5.35. The molecule has 1 aliphatic heterocycles. The van der Waals surface area contributed by atoms with Gasteiger partial charge in [-0.15, -0.1) is 0 Å². The van der Waals surface area contributed by atoms with Crippen molar-refractivity contribution in [2.24, 2.45) is 0 Å². The predicted octanol–water partition coefficient (Wildman–Crippen LogP) is 2.65. The molecule has 1 aliphatic rings. The molecule has 2 heteroatoms. The summed E-state index contributed by atoms with van der Waals surface area (Å²) in [6.07, 6.45) is 3.97. The van der Waals surface area contributed by atoms with Gasteiger partial charge in [0, 0.05) is 11.6 Å². The van der Waals surface area contributed by atoms with Crippen LogP contribution in [0.1, 0.15) is 5.56 Å². The summed E-state index contributed by atoms with van der Waals surface area (Å²) in [6.45, 7) is 1.44. The van der Waals surface area contributed by atoms with E-state index in [1.165, 1.54) is 16.5 Å². The number of fused-ring (bicyclic) bond motifs is 1. The van der Waals surface area contributed by atoms with Crippen molar-refractivity contribution in [1.29, 1.82) is 0 Å². The summed E-state index contributed by atoms with van der Waals surface area (Å²) >= 11 is 0. The third-order valence-electron chi connectivity index (χ3n) is 2.70. The van der Waals surface area contributed by atoms with Crippen molar-refractivity contribution in [1.82, 2.24) is 4.98 Å². The first-order valence-electron chi connectivity index (χ1n) is 5.06. The lowest BCUT2D eigenvalue weighted by molar-refractivity contribution is 0.216. The summed E-state index contributed by atoms with van der Waals surface area (Å²) in [5.74, 6) is 0. The van der Waals surface area contributed by atoms with Gasteiger partial charge in [0.25, 0.3) is 0 Å². The van der Waals surface area contributed by atoms with Crippen molar-refractivity contribution in [2.45, 2.75) is 0 Å². The molecule has 1 aromatic carbocycles. The zero-order valence-corrected chi connectivity index (χ0v) is 8.31. The number of benzene rings is 1. The Labute approximate surface area is 88.2 Å². The average molecular weight is 197 g/mol. The molecule has 1 aromatic heterocycles. The molecular formula is C13H11NO. The lowest BCUT2D eigenvalue weighted by Crippen LogP contribution is -1.90. The van der Waals surface area contributed by atoms with Crippen LogP contribution in [0.4, 0.5) is 0 Å². The van der Waals surface area contributed by atoms with Crippen molar-refractivity contribution in [2.75, 3.05) is 13.2 Å². The van der Waals surface area contributed by atoms with Crippen LogP contribution < -0.4 is 0 Å². The van der Waals surface area contributed by atoms with Crippen LogP contribution in [0.3, 0.4) is 0 Å². The topological polar surface area (TPSA) is 22.1 Å². The number of pyridine rings is 1. The van der Waals surface area contributed by atoms with E-state index in [1.807, 2.05) is 24.4 Å². The minimum Gasteiger partial charge on any atom is -0.373 e. The molecule has 2 aromatic rings. The molecule has 0 unspecified atom stereocenters. The molecule has 0 N–H and O–H groups in total. The normalized spacial score (nSPS) is 15.6. The maximum Gasteiger partial charge on any atom is 0.0724 e. The zero-order valence-electron chi connectivity index (χ0n) is 8.31. The SMILES string of the molecule is C1=C(c2cccc3ncccc23)COC1. The third kappa shape index (κ3) is 1.43. The smallest absolute Gasteiger partial charge is 0.0724 e. The van der Waals surface area contributed by atoms with Crippen LogP contribution in [0.15, 0.2) is 42.6 Å². The van der Waals surface area contributed by atoms with Gasteiger partial charge in [-0.3, -0.25) is 4.98 Å². The van der Waals surface area contributed by atoms with E-state index < -0.39 is 0 Å². The molecule has 0 aliphatic carbocycles. The maximum atomic E-state index is 5.35. The van der Waals surface area contributed by atoms with Crippen molar-refractivity contribution in [3.05, 3.63) is 48.2 Å². The molecule has 0 bridgehead atoms. The van der Waals surface area contributed by atoms with Crippen LogP contribution >= 0.6 is 0 Å². The second-order valence-corrected chi connectivity index (χ2v) is 3.62. The Morgan fingerprint density at radius 3 is 3.00 bits per heavy atom. The van der Waals surface area contributed by atoms with Crippen LogP contribution in [0, 0.1) is 0 Å². The Morgan fingerprint density at radius 2 is 2.13 bits per heavy atom. The van der Waals surface area contributed by atoms with Gasteiger partial charge in [-0.05, 0) is 23.3 Å². The van der Waals surface area contributed by atoms with E-state index >= 15 is 0 Å². The number of hydrogen-bond acceptors (Lipinski definition) is 2. The summed E-state index contributed by atoms with van der Waals surface area (Å²) in [5.41, 5.74) is 3.56. The highest BCUT2D eigenvalue weighted by Gasteiger charge is 2.10. The van der Waals surface area contributed by atoms with Gasteiger partial charge >= 0.3 is 0 Å². The van der Waals surface area contributed by atoms with Gasteiger partial charge in [0.2, 0.25) is 0 Å². The van der Waals surface area contributed by atoms with E-state index in [0.29, 0.717) is 6.61 Å². The average Bonchev–Trinajstić information content (AvgIpc) is 2.82. The van der Waals surface area contributed by atoms with Crippen LogP contribution in [0.2, 0.25) is 0 Å². The third-order valence-corrected chi connectivity index (χ3v) is 2.70. The maximum absolute atomic E-state index is 5.35. The van der Waals surface area contributed by atoms with Crippen LogP contribution in [-0.4, -0.2) is 18.2 Å². The summed E-state index contributed by atoms with van der Waals surface area (Å²) in [7, 11) is 0. The predicted molar refractivity (Wildman–Crippen MR) is 60.5 cm³/mol. The first-order chi connectivity index (χ1) is 7.45. The highest BCUT2D eigenvalue weighted by Crippen LogP contribution is 2.25. The zero-order chi connectivity index (χ0) is 10.1. The van der Waals surface area contributed by atoms with Gasteiger partial charge in [0.15, 0.2) is 0 Å². The van der Waals surface area contributed by atoms with Gasteiger partial charge in [0.05, 0.1) is 18.7 Å². The fourth-order valence-electron chi connectivity index (χ4n) is 1.96. The molecule has 2 nitrogen and oxygen atoms in total. The van der Waals surface area contributed by atoms with Gasteiger partial charge in [-0.2, -0.15) is 0 Å². The lowest BCUT2D eigenvalue weighted by Gasteiger charge is -2.05. The summed E-state index contributed by atoms with van der Waals surface area (Å²) in [6, 6.07) is 10.3. The standard InChI is InChI=1S/C13H11NO/c1-3-11(10-6-8-15-9-10)12-4-2-7-14-13(12)5-1/h1-7H,8-9H2. The monoisotopic (exact) mass is 197 g/mol. The van der Waals surface area contributed by atoms with E-state index in [-0.39, 0.29) is 0 Å². The summed E-state index contributed by atoms with van der Waals surface area (Å²) in [4.78, 5) is 4.35. The van der Waals surface area contributed by atoms with Crippen LogP contribution in [0.5, 0.6) is 0 Å². The minimum absolute atomic E-state index is 0.716. The minimum atomic E-state index is 0.716. The summed E-state index contributed by atoms with van der Waals surface area (Å²) in [5, 5.41) is 1.21. The van der Waals surface area contributed by atoms with E-state index in [0.717, 1.165) is 12.1 Å². The van der Waals surface area contributed by atoms with Gasteiger partial charge < -0.3 is 4.74 Å². The molecule has 3 rings (SSSR count). The Bertz CT molecular complexity index is 526. The fourth-order valence-corrected chi connectivity index (χ4v) is 1.96. The van der Waals surface area contributed by atoms with Crippen molar-refractivity contribution in [3.63, 3.8) is 0 Å². The Balaban J connectivity index is 2.26. The van der Waals surface area contributed by atoms with Crippen molar-refractivity contribution >= 4 is 16.5 Å². The van der Waals surface area contributed by atoms with Gasteiger partial charge in [-0.1, -0.05) is 24.3 Å². The Kier molecular flexibility index (Phi) is 2.00. The quantitative estimate of drug-likeness (QED) is 0.701. The largest absolute Gasteiger partial charge is 0.373 e. The van der Waals surface area contributed by atoms with Crippen molar-refractivity contribution < 1.29 is 4.74 Å². The molecule has 0 amide bonds. The van der Waals surface area contributed by atoms with Crippen LogP contribution in [0.25, 0.3) is 16.5 Å². The van der Waals surface area contributed by atoms with Gasteiger partial charge in [-0.25, -0.2) is 0 Å². The second kappa shape index (κ2) is 3.48. The number of aromatic nitrogens is 1. The molecule has 0 atom stereocenters. The van der Waals surface area contributed by atoms with Crippen molar-refractivity contribution in [3.8, 4) is 0 Å². The van der Waals surface area contributed by atoms with E-state index in [4.69, 9.17) is 4.74 Å². The molecule has 15 heavy (non-hydrogen) atoms. The number of ether oxygens (including phenoxy) is 1. The first-order valence-corrected chi connectivity index (χ1v) is 5.06. The molecule has 2 heterocycles. The highest BCUT2D eigenvalue weighted by atomic mass is 16.5. The van der Waals surface area contributed by atoms with Crippen LogP contribution in [-0.2, 0) is 4.74 Å². The van der Waals surface area contributed by atoms with E-state index in [2.05, 4.69) is 23.2 Å². The van der Waals surface area contributed by atoms with Gasteiger partial charge in [0.1, 0.15) is 0 Å². The molecule has 0 fully saturated rings. The first kappa shape index (κ1) is 8.62. The number of rotatable bonds is 1. The Morgan fingerprint density at radius 1 is 1.13 bits per heavy atom. The van der Waals surface area contributed by atoms with E-state index in [9.17, 15) is 0 Å². The molecule has 0 radical (unpaired) electrons. The highest BCUT2D eigenvalue weighted by molar-refractivity contribution is 5.92. The molecule has 0 spiro atoms. The number of hydrogen-bond donors (Lipinski definition) is 0. The molecule has 74 valence electrons. The fraction of sp³-hybridized carbons (Fsp3) is 0.154. The molecule has 0 saturated carbocycles. The second-order valence-electron chi connectivity index (χ2n) is 3.62. The number of nitrogens with zero attached hydrogens (tertiary/aromatic N) is 1. The molecule has 0 saturated heterocycles. The Hall–Kier alpha value is -1.67. The van der Waals surface area contributed by atoms with E-state index in [1.54, 1.807) is 0 Å². The molecular weight excluding hydrogens is 186 g/mol.